The van der Waals surface area contributed by atoms with E-state index in [0.29, 0.717) is 6.61 Å². The van der Waals surface area contributed by atoms with Crippen molar-refractivity contribution in [2.24, 2.45) is 0 Å². The van der Waals surface area contributed by atoms with Crippen molar-refractivity contribution in [1.82, 2.24) is 14.7 Å². The molecule has 7 nitrogen and oxygen atoms in total. The van der Waals surface area contributed by atoms with Crippen LogP contribution in [0, 0.1) is 0 Å². The largest absolute Gasteiger partial charge is 0.469 e. The van der Waals surface area contributed by atoms with Crippen molar-refractivity contribution in [3.8, 4) is 0 Å². The van der Waals surface area contributed by atoms with E-state index in [9.17, 15) is 4.79 Å². The second kappa shape index (κ2) is 8.26. The normalized spacial score (nSPS) is 14.0. The van der Waals surface area contributed by atoms with Crippen molar-refractivity contribution in [2.45, 2.75) is 25.8 Å². The molecule has 7 heteroatoms. The number of aromatic nitrogens is 3. The summed E-state index contributed by atoms with van der Waals surface area (Å²) in [7, 11) is 1.41. The van der Waals surface area contributed by atoms with E-state index in [-0.39, 0.29) is 18.4 Å². The number of ether oxygens (including phenoxy) is 1. The van der Waals surface area contributed by atoms with Crippen LogP contribution in [0.5, 0.6) is 0 Å². The second-order valence-corrected chi connectivity index (χ2v) is 6.80. The molecule has 0 fully saturated rings. The fourth-order valence-corrected chi connectivity index (χ4v) is 3.38. The van der Waals surface area contributed by atoms with Crippen LogP contribution in [0.2, 0.25) is 0 Å². The molecule has 3 aromatic rings. The highest BCUT2D eigenvalue weighted by atomic mass is 16.7. The molecule has 1 atom stereocenters. The predicted octanol–water partition coefficient (Wildman–Crippen LogP) is 3.01. The lowest BCUT2D eigenvalue weighted by molar-refractivity contribution is -0.508. The summed E-state index contributed by atoms with van der Waals surface area (Å²) in [5, 5.41) is 0.926. The number of methoxy groups -OCH3 is 1. The van der Waals surface area contributed by atoms with Gasteiger partial charge in [-0.05, 0) is 12.5 Å². The van der Waals surface area contributed by atoms with Gasteiger partial charge in [0, 0.05) is 17.1 Å². The fourth-order valence-electron chi connectivity index (χ4n) is 3.38. The number of hydrogen-bond acceptors (Lipinski definition) is 5. The highest BCUT2D eigenvalue weighted by Gasteiger charge is 2.32. The van der Waals surface area contributed by atoms with E-state index in [0.717, 1.165) is 34.3 Å². The Labute approximate surface area is 168 Å². The van der Waals surface area contributed by atoms with E-state index in [2.05, 4.69) is 16.9 Å². The summed E-state index contributed by atoms with van der Waals surface area (Å²) in [5.41, 5.74) is 3.62. The molecule has 29 heavy (non-hydrogen) atoms. The first kappa shape index (κ1) is 18.9. The summed E-state index contributed by atoms with van der Waals surface area (Å²) < 4.78 is 8.60. The van der Waals surface area contributed by atoms with E-state index in [1.54, 1.807) is 11.1 Å². The Bertz CT molecular complexity index is 1090. The van der Waals surface area contributed by atoms with Crippen molar-refractivity contribution in [2.75, 3.05) is 13.7 Å². The van der Waals surface area contributed by atoms with Gasteiger partial charge in [0.15, 0.2) is 24.1 Å². The third-order valence-corrected chi connectivity index (χ3v) is 4.86. The van der Waals surface area contributed by atoms with E-state index < -0.39 is 0 Å². The van der Waals surface area contributed by atoms with Gasteiger partial charge in [0.25, 0.3) is 0 Å². The van der Waals surface area contributed by atoms with Crippen molar-refractivity contribution < 1.29 is 18.9 Å². The number of esters is 1. The summed E-state index contributed by atoms with van der Waals surface area (Å²) >= 11 is 0. The van der Waals surface area contributed by atoms with Gasteiger partial charge in [-0.2, -0.15) is 9.31 Å². The molecule has 0 saturated carbocycles. The van der Waals surface area contributed by atoms with Crippen LogP contribution >= 0.6 is 0 Å². The standard InChI is InChI=1S/C22H23N4O3/c1-3-11-29-26-10-9-18-21(23-15-24-22(18)26)17-13-25(14-17)19(12-20(27)28-2)16-7-5-4-6-8-16/h4-10,13-15,19H,3,11-12H2,1-2H3/q+1. The average Bonchev–Trinajstić information content (AvgIpc) is 3.14. The molecule has 0 amide bonds. The number of carbonyl (C=O) groups is 1. The zero-order valence-corrected chi connectivity index (χ0v) is 16.5. The van der Waals surface area contributed by atoms with Gasteiger partial charge in [0.05, 0.1) is 12.8 Å². The van der Waals surface area contributed by atoms with Crippen LogP contribution < -0.4 is 4.84 Å². The molecular weight excluding hydrogens is 368 g/mol. The number of allylic oxidation sites excluding steroid dienone is 1. The summed E-state index contributed by atoms with van der Waals surface area (Å²) in [6, 6.07) is 11.8. The van der Waals surface area contributed by atoms with Crippen LogP contribution in [0.15, 0.2) is 55.1 Å². The van der Waals surface area contributed by atoms with Crippen LogP contribution in [-0.2, 0) is 9.53 Å². The second-order valence-electron chi connectivity index (χ2n) is 6.80. The van der Waals surface area contributed by atoms with Crippen LogP contribution in [0.3, 0.4) is 0 Å². The molecule has 1 aliphatic heterocycles. The van der Waals surface area contributed by atoms with Gasteiger partial charge in [0.1, 0.15) is 24.9 Å². The van der Waals surface area contributed by atoms with Gasteiger partial charge in [0.2, 0.25) is 0 Å². The number of rotatable bonds is 8. The smallest absolute Gasteiger partial charge is 0.312 e. The molecule has 0 aliphatic carbocycles. The molecule has 0 N–H and O–H groups in total. The maximum absolute atomic E-state index is 11.9. The number of nitrogens with zero attached hydrogens (tertiary/aromatic N) is 4. The molecular formula is C22H23N4O3+. The summed E-state index contributed by atoms with van der Waals surface area (Å²) in [6.45, 7) is 2.68. The van der Waals surface area contributed by atoms with Crippen molar-refractivity contribution in [1.29, 1.82) is 0 Å². The maximum atomic E-state index is 11.9. The molecule has 0 radical (unpaired) electrons. The van der Waals surface area contributed by atoms with E-state index in [1.807, 2.05) is 59.6 Å². The third kappa shape index (κ3) is 3.76. The number of carbonyl (C=O) groups excluding carboxylic acids is 1. The number of fused-ring (bicyclic) bond motifs is 1. The molecule has 0 spiro atoms. The molecule has 1 aromatic carbocycles. The summed E-state index contributed by atoms with van der Waals surface area (Å²) in [5.74, 6) is -0.247. The third-order valence-electron chi connectivity index (χ3n) is 4.86. The minimum Gasteiger partial charge on any atom is -0.469 e. The zero-order chi connectivity index (χ0) is 20.2. The summed E-state index contributed by atoms with van der Waals surface area (Å²) in [4.78, 5) is 26.5. The van der Waals surface area contributed by atoms with Gasteiger partial charge in [-0.15, -0.1) is 0 Å². The molecule has 0 bridgehead atoms. The lowest BCUT2D eigenvalue weighted by atomic mass is 10.00. The van der Waals surface area contributed by atoms with Gasteiger partial charge >= 0.3 is 5.97 Å². The van der Waals surface area contributed by atoms with E-state index >= 15 is 0 Å². The molecule has 148 valence electrons. The van der Waals surface area contributed by atoms with Crippen LogP contribution in [0.25, 0.3) is 16.6 Å². The first-order valence-corrected chi connectivity index (χ1v) is 9.63. The molecule has 3 heterocycles. The van der Waals surface area contributed by atoms with E-state index in [4.69, 9.17) is 9.57 Å². The monoisotopic (exact) mass is 391 g/mol. The maximum Gasteiger partial charge on any atom is 0.312 e. The summed E-state index contributed by atoms with van der Waals surface area (Å²) in [6.07, 6.45) is 8.61. The highest BCUT2D eigenvalue weighted by Crippen LogP contribution is 2.30. The van der Waals surface area contributed by atoms with E-state index in [1.165, 1.54) is 7.11 Å². The molecule has 1 aliphatic rings. The molecule has 2 aromatic heterocycles. The minimum absolute atomic E-state index is 0.123. The first-order chi connectivity index (χ1) is 14.2. The topological polar surface area (TPSA) is 69.2 Å². The van der Waals surface area contributed by atoms with Crippen molar-refractivity contribution in [3.63, 3.8) is 0 Å². The fraction of sp³-hybridized carbons (Fsp3) is 0.273. The first-order valence-electron chi connectivity index (χ1n) is 9.63. The van der Waals surface area contributed by atoms with Gasteiger partial charge in [-0.3, -0.25) is 4.79 Å². The SMILES string of the molecule is CCCOn1ccc2c(C3=C[N+](C(CC(=O)OC)c4ccccc4)=C3)ncnc21. The Morgan fingerprint density at radius 1 is 1.21 bits per heavy atom. The zero-order valence-electron chi connectivity index (χ0n) is 16.5. The van der Waals surface area contributed by atoms with Crippen LogP contribution in [0.1, 0.15) is 37.1 Å². The van der Waals surface area contributed by atoms with Gasteiger partial charge < -0.3 is 9.57 Å². The Balaban J connectivity index is 1.61. The number of benzene rings is 1. The van der Waals surface area contributed by atoms with Crippen LogP contribution in [0.4, 0.5) is 0 Å². The van der Waals surface area contributed by atoms with Crippen molar-refractivity contribution in [3.05, 3.63) is 66.4 Å². The molecule has 4 rings (SSSR count). The lowest BCUT2D eigenvalue weighted by Crippen LogP contribution is -2.25. The van der Waals surface area contributed by atoms with Gasteiger partial charge in [-0.1, -0.05) is 37.3 Å². The predicted molar refractivity (Wildman–Crippen MR) is 109 cm³/mol. The molecule has 1 unspecified atom stereocenters. The average molecular weight is 391 g/mol. The van der Waals surface area contributed by atoms with Gasteiger partial charge in [-0.25, -0.2) is 9.97 Å². The van der Waals surface area contributed by atoms with Crippen molar-refractivity contribution >= 4 is 28.8 Å². The number of hydrogen-bond donors (Lipinski definition) is 0. The lowest BCUT2D eigenvalue weighted by Gasteiger charge is -2.18. The Hall–Kier alpha value is -3.48. The Morgan fingerprint density at radius 3 is 2.72 bits per heavy atom. The Kier molecular flexibility index (Phi) is 5.37. The Morgan fingerprint density at radius 2 is 2.00 bits per heavy atom. The quantitative estimate of drug-likeness (QED) is 0.436. The minimum atomic E-state index is -0.247. The molecule has 0 saturated heterocycles. The highest BCUT2D eigenvalue weighted by molar-refractivity contribution is 6.13. The van der Waals surface area contributed by atoms with Crippen LogP contribution in [-0.4, -0.2) is 45.2 Å².